The number of nitrogens with one attached hydrogen (secondary N) is 1. The highest BCUT2D eigenvalue weighted by molar-refractivity contribution is 8.05. The number of carbonyl (C=O) groups is 2. The van der Waals surface area contributed by atoms with Crippen molar-refractivity contribution in [3.8, 4) is 0 Å². The van der Waals surface area contributed by atoms with Crippen LogP contribution in [0.15, 0.2) is 39.5 Å². The van der Waals surface area contributed by atoms with Crippen molar-refractivity contribution >= 4 is 45.0 Å². The quantitative estimate of drug-likeness (QED) is 0.860. The number of amides is 2. The zero-order valence-corrected chi connectivity index (χ0v) is 10.5. The van der Waals surface area contributed by atoms with Crippen LogP contribution in [0.1, 0.15) is 0 Å². The molecule has 0 saturated carbocycles. The van der Waals surface area contributed by atoms with Crippen molar-refractivity contribution in [3.63, 3.8) is 0 Å². The third kappa shape index (κ3) is 2.04. The van der Waals surface area contributed by atoms with Crippen molar-refractivity contribution < 1.29 is 14.0 Å². The van der Waals surface area contributed by atoms with E-state index in [1.54, 1.807) is 6.07 Å². The molecular weight excluding hydrogens is 273 g/mol. The van der Waals surface area contributed by atoms with Crippen LogP contribution < -0.4 is 5.32 Å². The van der Waals surface area contributed by atoms with Gasteiger partial charge in [0.1, 0.15) is 5.82 Å². The maximum absolute atomic E-state index is 13.0. The summed E-state index contributed by atoms with van der Waals surface area (Å²) in [5.74, 6) is -1.06. The number of rotatable bonds is 2. The van der Waals surface area contributed by atoms with E-state index in [9.17, 15) is 14.0 Å². The van der Waals surface area contributed by atoms with E-state index in [1.807, 2.05) is 6.07 Å². The van der Waals surface area contributed by atoms with Crippen LogP contribution >= 0.6 is 23.1 Å². The molecule has 0 unspecified atom stereocenters. The molecule has 90 valence electrons. The first-order valence-electron chi connectivity index (χ1n) is 5.06. The minimum absolute atomic E-state index is 0.287. The fourth-order valence-electron chi connectivity index (χ4n) is 1.62. The van der Waals surface area contributed by atoms with Gasteiger partial charge in [0, 0.05) is 10.8 Å². The molecule has 6 heteroatoms. The summed E-state index contributed by atoms with van der Waals surface area (Å²) in [5.41, 5.74) is 0. The van der Waals surface area contributed by atoms with Gasteiger partial charge in [-0.3, -0.25) is 14.9 Å². The van der Waals surface area contributed by atoms with Gasteiger partial charge in [-0.15, -0.1) is 11.3 Å². The summed E-state index contributed by atoms with van der Waals surface area (Å²) >= 11 is 2.68. The van der Waals surface area contributed by atoms with Gasteiger partial charge in [-0.2, -0.15) is 0 Å². The van der Waals surface area contributed by atoms with Gasteiger partial charge in [-0.05, 0) is 29.7 Å². The second-order valence-electron chi connectivity index (χ2n) is 3.68. The maximum atomic E-state index is 13.0. The Kier molecular flexibility index (Phi) is 2.68. The molecule has 1 aromatic heterocycles. The van der Waals surface area contributed by atoms with Crippen molar-refractivity contribution in [3.05, 3.63) is 41.1 Å². The number of thiophene rings is 1. The van der Waals surface area contributed by atoms with Crippen molar-refractivity contribution in [2.24, 2.45) is 0 Å². The van der Waals surface area contributed by atoms with Gasteiger partial charge in [0.2, 0.25) is 0 Å². The lowest BCUT2D eigenvalue weighted by Crippen LogP contribution is -2.21. The summed E-state index contributed by atoms with van der Waals surface area (Å²) in [5, 5.41) is 2.98. The summed E-state index contributed by atoms with van der Waals surface area (Å²) in [6, 6.07) is 6.36. The Labute approximate surface area is 110 Å². The smallest absolute Gasteiger partial charge is 0.265 e. The predicted octanol–water partition coefficient (Wildman–Crippen LogP) is 2.67. The van der Waals surface area contributed by atoms with E-state index >= 15 is 0 Å². The van der Waals surface area contributed by atoms with E-state index in [2.05, 4.69) is 5.32 Å². The van der Waals surface area contributed by atoms with Crippen LogP contribution in [0, 0.1) is 5.82 Å². The molecule has 0 aliphatic carbocycles. The number of hydrogen-bond donors (Lipinski definition) is 1. The Balaban J connectivity index is 1.94. The van der Waals surface area contributed by atoms with E-state index in [1.165, 1.54) is 41.3 Å². The SMILES string of the molecule is O=C1C=C(Sc2cc3cc(F)ccc3s2)C(=O)N1. The second kappa shape index (κ2) is 4.22. The van der Waals surface area contributed by atoms with Gasteiger partial charge in [0.05, 0.1) is 9.11 Å². The number of carbonyl (C=O) groups excluding carboxylic acids is 2. The normalized spacial score (nSPS) is 15.1. The predicted molar refractivity (Wildman–Crippen MR) is 68.9 cm³/mol. The average Bonchev–Trinajstić information content (AvgIpc) is 2.82. The number of halogens is 1. The van der Waals surface area contributed by atoms with Crippen molar-refractivity contribution in [1.82, 2.24) is 5.32 Å². The summed E-state index contributed by atoms with van der Waals surface area (Å²) in [6.07, 6.45) is 1.28. The summed E-state index contributed by atoms with van der Waals surface area (Å²) in [6.45, 7) is 0. The monoisotopic (exact) mass is 279 g/mol. The topological polar surface area (TPSA) is 46.2 Å². The Bertz CT molecular complexity index is 705. The zero-order valence-electron chi connectivity index (χ0n) is 8.90. The van der Waals surface area contributed by atoms with Gasteiger partial charge in [-0.25, -0.2) is 4.39 Å². The first kappa shape index (κ1) is 11.4. The van der Waals surface area contributed by atoms with Crippen LogP contribution in [0.25, 0.3) is 10.1 Å². The molecule has 3 nitrogen and oxygen atoms in total. The maximum Gasteiger partial charge on any atom is 0.265 e. The molecule has 0 spiro atoms. The molecule has 1 aliphatic rings. The summed E-state index contributed by atoms with van der Waals surface area (Å²) in [4.78, 5) is 22.8. The fourth-order valence-corrected chi connectivity index (χ4v) is 3.81. The highest BCUT2D eigenvalue weighted by Gasteiger charge is 2.22. The van der Waals surface area contributed by atoms with Gasteiger partial charge in [0.15, 0.2) is 0 Å². The third-order valence-electron chi connectivity index (χ3n) is 2.39. The summed E-state index contributed by atoms with van der Waals surface area (Å²) < 4.78 is 14.8. The molecule has 0 fully saturated rings. The second-order valence-corrected chi connectivity index (χ2v) is 6.10. The van der Waals surface area contributed by atoms with Crippen molar-refractivity contribution in [2.45, 2.75) is 4.21 Å². The van der Waals surface area contributed by atoms with Crippen molar-refractivity contribution in [2.75, 3.05) is 0 Å². The van der Waals surface area contributed by atoms with Crippen LogP contribution in [-0.4, -0.2) is 11.8 Å². The Morgan fingerprint density at radius 2 is 2.06 bits per heavy atom. The number of fused-ring (bicyclic) bond motifs is 1. The van der Waals surface area contributed by atoms with E-state index in [0.29, 0.717) is 4.91 Å². The molecule has 0 radical (unpaired) electrons. The number of imide groups is 1. The molecule has 2 heterocycles. The lowest BCUT2D eigenvalue weighted by Gasteiger charge is -1.94. The lowest BCUT2D eigenvalue weighted by atomic mass is 10.3. The standard InChI is InChI=1S/C12H6FNO2S2/c13-7-1-2-8-6(3-7)4-11(17-8)18-9-5-10(15)14-12(9)16/h1-5H,(H,14,15,16). The fraction of sp³-hybridized carbons (Fsp3) is 0. The largest absolute Gasteiger partial charge is 0.288 e. The Hall–Kier alpha value is -1.66. The molecule has 1 N–H and O–H groups in total. The molecule has 18 heavy (non-hydrogen) atoms. The van der Waals surface area contributed by atoms with E-state index in [0.717, 1.165) is 14.3 Å². The molecular formula is C12H6FNO2S2. The molecule has 2 aromatic rings. The molecule has 0 atom stereocenters. The number of thioether (sulfide) groups is 1. The van der Waals surface area contributed by atoms with Crippen LogP contribution in [0.4, 0.5) is 4.39 Å². The first-order valence-corrected chi connectivity index (χ1v) is 6.69. The van der Waals surface area contributed by atoms with Gasteiger partial charge >= 0.3 is 0 Å². The van der Waals surface area contributed by atoms with Crippen LogP contribution in [0.5, 0.6) is 0 Å². The number of hydrogen-bond acceptors (Lipinski definition) is 4. The highest BCUT2D eigenvalue weighted by atomic mass is 32.2. The third-order valence-corrected chi connectivity index (χ3v) is 4.64. The minimum atomic E-state index is -0.394. The zero-order chi connectivity index (χ0) is 12.7. The van der Waals surface area contributed by atoms with Gasteiger partial charge in [-0.1, -0.05) is 11.8 Å². The Morgan fingerprint density at radius 1 is 1.22 bits per heavy atom. The lowest BCUT2D eigenvalue weighted by molar-refractivity contribution is -0.123. The van der Waals surface area contributed by atoms with E-state index < -0.39 is 5.91 Å². The van der Waals surface area contributed by atoms with E-state index in [4.69, 9.17) is 0 Å². The first-order chi connectivity index (χ1) is 8.61. The van der Waals surface area contributed by atoms with Crippen LogP contribution in [-0.2, 0) is 9.59 Å². The Morgan fingerprint density at radius 3 is 2.78 bits per heavy atom. The molecule has 3 rings (SSSR count). The van der Waals surface area contributed by atoms with Crippen molar-refractivity contribution in [1.29, 1.82) is 0 Å². The highest BCUT2D eigenvalue weighted by Crippen LogP contribution is 2.37. The van der Waals surface area contributed by atoms with Crippen LogP contribution in [0.2, 0.25) is 0 Å². The molecule has 1 aromatic carbocycles. The van der Waals surface area contributed by atoms with Gasteiger partial charge in [0.25, 0.3) is 11.8 Å². The van der Waals surface area contributed by atoms with Gasteiger partial charge < -0.3 is 0 Å². The van der Waals surface area contributed by atoms with Crippen LogP contribution in [0.3, 0.4) is 0 Å². The molecule has 1 aliphatic heterocycles. The molecule has 0 bridgehead atoms. The minimum Gasteiger partial charge on any atom is -0.288 e. The molecule has 2 amide bonds. The molecule has 0 saturated heterocycles. The average molecular weight is 279 g/mol. The number of benzene rings is 1. The van der Waals surface area contributed by atoms with E-state index in [-0.39, 0.29) is 11.7 Å². The summed E-state index contributed by atoms with van der Waals surface area (Å²) in [7, 11) is 0.